The molecule has 0 atom stereocenters. The van der Waals surface area contributed by atoms with Crippen molar-refractivity contribution in [3.05, 3.63) is 175 Å². The predicted octanol–water partition coefficient (Wildman–Crippen LogP) is 9.55. The molecule has 0 saturated carbocycles. The van der Waals surface area contributed by atoms with E-state index in [4.69, 9.17) is 29.9 Å². The first-order chi connectivity index (χ1) is 26.8. The first kappa shape index (κ1) is 30.3. The molecule has 0 fully saturated rings. The zero-order valence-electron chi connectivity index (χ0n) is 28.9. The Bertz CT molecular complexity index is 3190. The van der Waals surface area contributed by atoms with Gasteiger partial charge in [-0.1, -0.05) is 127 Å². The molecule has 0 radical (unpaired) electrons. The Morgan fingerprint density at radius 1 is 0.407 bits per heavy atom. The molecule has 7 aromatic carbocycles. The fourth-order valence-electron chi connectivity index (χ4n) is 7.88. The summed E-state index contributed by atoms with van der Waals surface area (Å²) < 4.78 is 2.31. The Morgan fingerprint density at radius 3 is 1.72 bits per heavy atom. The smallest absolute Gasteiger partial charge is 0.166 e. The van der Waals surface area contributed by atoms with Crippen LogP contribution in [-0.2, 0) is 0 Å². The van der Waals surface area contributed by atoms with Crippen LogP contribution in [0.4, 0.5) is 0 Å². The topological polar surface area (TPSA) is 81.2 Å². The summed E-state index contributed by atoms with van der Waals surface area (Å²) in [5.74, 6) is 1.69. The Labute approximate surface area is 309 Å². The highest BCUT2D eigenvalue weighted by molar-refractivity contribution is 6.12. The van der Waals surface area contributed by atoms with Crippen molar-refractivity contribution in [2.75, 3.05) is 6.67 Å². The number of hydrogen-bond acceptors (Lipinski definition) is 6. The van der Waals surface area contributed by atoms with E-state index in [2.05, 4.69) is 114 Å². The van der Waals surface area contributed by atoms with Crippen LogP contribution in [0.5, 0.6) is 0 Å². The lowest BCUT2D eigenvalue weighted by molar-refractivity contribution is 1.05. The third-order valence-electron chi connectivity index (χ3n) is 10.3. The van der Waals surface area contributed by atoms with Crippen LogP contribution in [0.2, 0.25) is 0 Å². The summed E-state index contributed by atoms with van der Waals surface area (Å²) >= 11 is 0. The summed E-state index contributed by atoms with van der Waals surface area (Å²) in [5, 5.41) is 7.11. The van der Waals surface area contributed by atoms with Gasteiger partial charge in [-0.15, -0.1) is 0 Å². The van der Waals surface area contributed by atoms with Crippen molar-refractivity contribution in [1.29, 1.82) is 0 Å². The molecule has 0 bridgehead atoms. The van der Waals surface area contributed by atoms with Gasteiger partial charge in [0, 0.05) is 54.9 Å². The summed E-state index contributed by atoms with van der Waals surface area (Å²) in [6, 6.07) is 56.3. The van der Waals surface area contributed by atoms with Crippen LogP contribution < -0.4 is 10.7 Å². The van der Waals surface area contributed by atoms with E-state index < -0.39 is 0 Å². The van der Waals surface area contributed by atoms with Gasteiger partial charge >= 0.3 is 0 Å². The number of para-hydroxylation sites is 3. The van der Waals surface area contributed by atoms with Crippen molar-refractivity contribution >= 4 is 43.5 Å². The van der Waals surface area contributed by atoms with Gasteiger partial charge in [0.1, 0.15) is 6.67 Å². The van der Waals surface area contributed by atoms with Gasteiger partial charge in [0.05, 0.1) is 33.0 Å². The number of aromatic nitrogens is 5. The van der Waals surface area contributed by atoms with Crippen LogP contribution in [0, 0.1) is 0 Å². The molecule has 4 heterocycles. The Balaban J connectivity index is 1.18. The summed E-state index contributed by atoms with van der Waals surface area (Å²) in [6.07, 6.45) is 0. The van der Waals surface area contributed by atoms with Crippen LogP contribution in [0.1, 0.15) is 0 Å². The van der Waals surface area contributed by atoms with E-state index >= 15 is 0 Å². The molecule has 3 aromatic heterocycles. The maximum Gasteiger partial charge on any atom is 0.166 e. The van der Waals surface area contributed by atoms with Gasteiger partial charge in [0.2, 0.25) is 0 Å². The molecule has 0 aliphatic carbocycles. The van der Waals surface area contributed by atoms with Gasteiger partial charge in [0.15, 0.2) is 17.5 Å². The molecule has 0 unspecified atom stereocenters. The number of pyridine rings is 1. The zero-order valence-corrected chi connectivity index (χ0v) is 28.9. The molecule has 11 rings (SSSR count). The minimum atomic E-state index is 0.336. The largest absolute Gasteiger partial charge is 0.309 e. The molecule has 54 heavy (non-hydrogen) atoms. The Kier molecular flexibility index (Phi) is 6.78. The average molecular weight is 692 g/mol. The molecular formula is C47H29N7. The lowest BCUT2D eigenvalue weighted by atomic mass is 9.96. The summed E-state index contributed by atoms with van der Waals surface area (Å²) in [4.78, 5) is 30.7. The quantitative estimate of drug-likeness (QED) is 0.168. The zero-order chi connectivity index (χ0) is 35.6. The van der Waals surface area contributed by atoms with Crippen molar-refractivity contribution in [3.8, 4) is 51.1 Å². The van der Waals surface area contributed by atoms with E-state index in [1.807, 2.05) is 54.6 Å². The van der Waals surface area contributed by atoms with Crippen molar-refractivity contribution in [2.24, 2.45) is 9.98 Å². The van der Waals surface area contributed by atoms with Gasteiger partial charge in [0.25, 0.3) is 0 Å². The molecule has 0 amide bonds. The Hall–Kier alpha value is -7.38. The molecule has 0 spiro atoms. The minimum Gasteiger partial charge on any atom is -0.309 e. The second kappa shape index (κ2) is 12.1. The van der Waals surface area contributed by atoms with E-state index in [1.54, 1.807) is 0 Å². The average Bonchev–Trinajstić information content (AvgIpc) is 3.87. The highest BCUT2D eigenvalue weighted by Gasteiger charge is 2.21. The van der Waals surface area contributed by atoms with E-state index in [9.17, 15) is 0 Å². The molecular weight excluding hydrogens is 663 g/mol. The van der Waals surface area contributed by atoms with Gasteiger partial charge in [-0.2, -0.15) is 0 Å². The van der Waals surface area contributed by atoms with Crippen LogP contribution in [0.15, 0.2) is 174 Å². The van der Waals surface area contributed by atoms with Crippen LogP contribution in [0.3, 0.4) is 0 Å². The summed E-state index contributed by atoms with van der Waals surface area (Å²) in [6.45, 7) is 0.336. The third kappa shape index (κ3) is 4.76. The normalized spacial score (nSPS) is 12.3. The SMILES string of the molecule is c1ccc(-c2nc(-c3cccc(-n4c5ccccc5c5ccccc54)c3)nc(-c3cc4c(-c5ccccc5)nc5ccccc5c4c4c3=NCN=4)n2)cc1. The van der Waals surface area contributed by atoms with Gasteiger partial charge < -0.3 is 4.57 Å². The predicted molar refractivity (Wildman–Crippen MR) is 216 cm³/mol. The molecule has 0 N–H and O–H groups in total. The second-order valence-electron chi connectivity index (χ2n) is 13.4. The van der Waals surface area contributed by atoms with Crippen molar-refractivity contribution < 1.29 is 0 Å². The molecule has 10 aromatic rings. The van der Waals surface area contributed by atoms with Crippen molar-refractivity contribution in [3.63, 3.8) is 0 Å². The van der Waals surface area contributed by atoms with Crippen molar-refractivity contribution in [1.82, 2.24) is 24.5 Å². The summed E-state index contributed by atoms with van der Waals surface area (Å²) in [7, 11) is 0. The van der Waals surface area contributed by atoms with E-state index in [0.717, 1.165) is 77.1 Å². The standard InChI is InChI=1S/C47H29N7/c1-3-14-29(15-4-1)42-36-27-37(43-44(49-28-48-43)41(36)35-22-7-10-23-38(35)50-42)47-52-45(30-16-5-2-6-17-30)51-46(53-47)31-18-13-19-32(26-31)54-39-24-11-8-20-33(39)34-21-9-12-25-40(34)54/h1-27H,28H2. The van der Waals surface area contributed by atoms with Gasteiger partial charge in [-0.3, -0.25) is 9.98 Å². The fourth-order valence-corrected chi connectivity index (χ4v) is 7.88. The number of nitrogens with zero attached hydrogens (tertiary/aromatic N) is 7. The molecule has 1 aliphatic heterocycles. The lowest BCUT2D eigenvalue weighted by Crippen LogP contribution is -2.26. The number of hydrogen-bond donors (Lipinski definition) is 0. The second-order valence-corrected chi connectivity index (χ2v) is 13.4. The molecule has 1 aliphatic rings. The number of benzene rings is 7. The van der Waals surface area contributed by atoms with E-state index in [-0.39, 0.29) is 0 Å². The number of fused-ring (bicyclic) bond motifs is 8. The Morgan fingerprint density at radius 2 is 0.981 bits per heavy atom. The van der Waals surface area contributed by atoms with E-state index in [1.165, 1.54) is 10.8 Å². The van der Waals surface area contributed by atoms with Crippen LogP contribution >= 0.6 is 0 Å². The van der Waals surface area contributed by atoms with Crippen LogP contribution in [-0.4, -0.2) is 31.2 Å². The monoisotopic (exact) mass is 691 g/mol. The number of rotatable bonds is 5. The first-order valence-corrected chi connectivity index (χ1v) is 18.0. The highest BCUT2D eigenvalue weighted by Crippen LogP contribution is 2.35. The fraction of sp³-hybridized carbons (Fsp3) is 0.0213. The molecule has 7 heteroatoms. The van der Waals surface area contributed by atoms with Crippen molar-refractivity contribution in [2.45, 2.75) is 0 Å². The minimum absolute atomic E-state index is 0.336. The molecule has 7 nitrogen and oxygen atoms in total. The first-order valence-electron chi connectivity index (χ1n) is 18.0. The van der Waals surface area contributed by atoms with Crippen LogP contribution in [0.25, 0.3) is 94.6 Å². The lowest BCUT2D eigenvalue weighted by Gasteiger charge is -2.13. The van der Waals surface area contributed by atoms with E-state index in [0.29, 0.717) is 24.1 Å². The molecule has 252 valence electrons. The highest BCUT2D eigenvalue weighted by atomic mass is 15.0. The maximum atomic E-state index is 5.24. The summed E-state index contributed by atoms with van der Waals surface area (Å²) in [5.41, 5.74) is 8.71. The van der Waals surface area contributed by atoms with Gasteiger partial charge in [-0.05, 0) is 36.4 Å². The maximum absolute atomic E-state index is 5.24. The molecule has 0 saturated heterocycles. The third-order valence-corrected chi connectivity index (χ3v) is 10.3. The van der Waals surface area contributed by atoms with Gasteiger partial charge in [-0.25, -0.2) is 19.9 Å².